The Kier molecular flexibility index (Phi) is 1.82. The largest absolute Gasteiger partial charge is 0.313 e. The van der Waals surface area contributed by atoms with Crippen LogP contribution in [-0.2, 0) is 0 Å². The van der Waals surface area contributed by atoms with Gasteiger partial charge < -0.3 is 4.98 Å². The van der Waals surface area contributed by atoms with E-state index in [4.69, 9.17) is 11.6 Å². The van der Waals surface area contributed by atoms with Crippen LogP contribution in [0.4, 0.5) is 0 Å². The van der Waals surface area contributed by atoms with Gasteiger partial charge in [-0.15, -0.1) is 0 Å². The van der Waals surface area contributed by atoms with E-state index >= 15 is 0 Å². The third kappa shape index (κ3) is 1.22. The molecule has 0 atom stereocenters. The molecule has 5 heteroatoms. The number of nitrogens with zero attached hydrogens (tertiary/aromatic N) is 1. The van der Waals surface area contributed by atoms with Crippen LogP contribution < -0.4 is 5.56 Å². The summed E-state index contributed by atoms with van der Waals surface area (Å²) < 4.78 is 0. The van der Waals surface area contributed by atoms with Crippen LogP contribution in [0.5, 0.6) is 0 Å². The molecule has 0 unspecified atom stereocenters. The SMILES string of the molecule is O=C(Cl)c1cnc[nH]c1=O. The lowest BCUT2D eigenvalue weighted by molar-refractivity contribution is 0.107. The zero-order valence-corrected chi connectivity index (χ0v) is 5.55. The van der Waals surface area contributed by atoms with E-state index < -0.39 is 10.8 Å². The van der Waals surface area contributed by atoms with Gasteiger partial charge in [-0.25, -0.2) is 4.98 Å². The molecule has 0 saturated heterocycles. The van der Waals surface area contributed by atoms with Crippen LogP contribution in [0.25, 0.3) is 0 Å². The van der Waals surface area contributed by atoms with Crippen LogP contribution in [0.2, 0.25) is 0 Å². The third-order valence-corrected chi connectivity index (χ3v) is 1.13. The maximum absolute atomic E-state index is 10.7. The average molecular weight is 159 g/mol. The molecule has 0 aliphatic carbocycles. The zero-order chi connectivity index (χ0) is 7.56. The normalized spacial score (nSPS) is 9.30. The second-order valence-corrected chi connectivity index (χ2v) is 1.91. The molecule has 1 heterocycles. The highest BCUT2D eigenvalue weighted by molar-refractivity contribution is 6.67. The quantitative estimate of drug-likeness (QED) is 0.592. The van der Waals surface area contributed by atoms with Crippen molar-refractivity contribution in [3.8, 4) is 0 Å². The highest BCUT2D eigenvalue weighted by Crippen LogP contribution is 1.91. The van der Waals surface area contributed by atoms with Crippen molar-refractivity contribution < 1.29 is 4.79 Å². The van der Waals surface area contributed by atoms with Gasteiger partial charge in [0.05, 0.1) is 6.33 Å². The number of halogens is 1. The standard InChI is InChI=1S/C5H3ClN2O2/c6-4(9)3-1-7-2-8-5(3)10/h1-2H,(H,7,8,10). The third-order valence-electron chi connectivity index (χ3n) is 0.930. The summed E-state index contributed by atoms with van der Waals surface area (Å²) in [6, 6.07) is 0. The Labute approximate surface area is 60.9 Å². The maximum atomic E-state index is 10.7. The molecular weight excluding hydrogens is 156 g/mol. The summed E-state index contributed by atoms with van der Waals surface area (Å²) in [7, 11) is 0. The van der Waals surface area contributed by atoms with Crippen molar-refractivity contribution in [2.75, 3.05) is 0 Å². The molecule has 0 saturated carbocycles. The second-order valence-electron chi connectivity index (χ2n) is 1.57. The molecule has 0 bridgehead atoms. The number of carbonyl (C=O) groups excluding carboxylic acids is 1. The first kappa shape index (κ1) is 6.95. The molecule has 0 aromatic carbocycles. The number of hydrogen-bond donors (Lipinski definition) is 1. The monoisotopic (exact) mass is 158 g/mol. The van der Waals surface area contributed by atoms with E-state index in [2.05, 4.69) is 9.97 Å². The fourth-order valence-corrected chi connectivity index (χ4v) is 0.619. The topological polar surface area (TPSA) is 62.8 Å². The Balaban J connectivity index is 3.29. The summed E-state index contributed by atoms with van der Waals surface area (Å²) in [5.41, 5.74) is -0.654. The molecule has 10 heavy (non-hydrogen) atoms. The number of nitrogens with one attached hydrogen (secondary N) is 1. The predicted octanol–water partition coefficient (Wildman–Crippen LogP) is 0.149. The molecule has 0 aliphatic rings. The van der Waals surface area contributed by atoms with E-state index in [9.17, 15) is 9.59 Å². The lowest BCUT2D eigenvalue weighted by Crippen LogP contribution is -2.14. The van der Waals surface area contributed by atoms with Crippen molar-refractivity contribution >= 4 is 16.8 Å². The lowest BCUT2D eigenvalue weighted by atomic mass is 10.4. The molecule has 0 fully saturated rings. The van der Waals surface area contributed by atoms with Gasteiger partial charge in [-0.2, -0.15) is 0 Å². The maximum Gasteiger partial charge on any atom is 0.262 e. The van der Waals surface area contributed by atoms with E-state index in [-0.39, 0.29) is 5.56 Å². The molecular formula is C5H3ClN2O2. The van der Waals surface area contributed by atoms with Crippen LogP contribution in [0.1, 0.15) is 10.4 Å². The smallest absolute Gasteiger partial charge is 0.262 e. The van der Waals surface area contributed by atoms with Gasteiger partial charge in [0.15, 0.2) is 0 Å². The minimum atomic E-state index is -0.797. The Hall–Kier alpha value is -1.16. The molecule has 52 valence electrons. The summed E-state index contributed by atoms with van der Waals surface area (Å²) in [5, 5.41) is -0.797. The first-order chi connectivity index (χ1) is 4.72. The van der Waals surface area contributed by atoms with Crippen LogP contribution in [-0.4, -0.2) is 15.2 Å². The van der Waals surface area contributed by atoms with Crippen LogP contribution in [0, 0.1) is 0 Å². The number of carbonyl (C=O) groups is 1. The number of aromatic amines is 1. The van der Waals surface area contributed by atoms with Gasteiger partial charge in [-0.05, 0) is 11.6 Å². The predicted molar refractivity (Wildman–Crippen MR) is 35.0 cm³/mol. The Morgan fingerprint density at radius 1 is 1.70 bits per heavy atom. The molecule has 0 spiro atoms. The van der Waals surface area contributed by atoms with Crippen molar-refractivity contribution in [3.05, 3.63) is 28.4 Å². The number of rotatable bonds is 1. The van der Waals surface area contributed by atoms with E-state index in [1.165, 1.54) is 6.33 Å². The average Bonchev–Trinajstić information content (AvgIpc) is 1.88. The van der Waals surface area contributed by atoms with Gasteiger partial charge in [-0.3, -0.25) is 9.59 Å². The Morgan fingerprint density at radius 3 is 2.80 bits per heavy atom. The van der Waals surface area contributed by atoms with E-state index in [0.29, 0.717) is 0 Å². The lowest BCUT2D eigenvalue weighted by Gasteiger charge is -1.86. The first-order valence-electron chi connectivity index (χ1n) is 2.44. The summed E-state index contributed by atoms with van der Waals surface area (Å²) in [6.07, 6.45) is 2.31. The molecule has 1 aromatic rings. The fourth-order valence-electron chi connectivity index (χ4n) is 0.484. The van der Waals surface area contributed by atoms with Crippen molar-refractivity contribution in [2.45, 2.75) is 0 Å². The Bertz CT molecular complexity index is 307. The van der Waals surface area contributed by atoms with Crippen molar-refractivity contribution in [1.29, 1.82) is 0 Å². The summed E-state index contributed by atoms with van der Waals surface area (Å²) in [6.45, 7) is 0. The summed E-state index contributed by atoms with van der Waals surface area (Å²) >= 11 is 5.01. The molecule has 4 nitrogen and oxygen atoms in total. The first-order valence-corrected chi connectivity index (χ1v) is 2.82. The van der Waals surface area contributed by atoms with Crippen LogP contribution in [0.3, 0.4) is 0 Å². The number of H-pyrrole nitrogens is 1. The van der Waals surface area contributed by atoms with Gasteiger partial charge in [0, 0.05) is 6.20 Å². The molecule has 1 aromatic heterocycles. The van der Waals surface area contributed by atoms with Gasteiger partial charge in [0.1, 0.15) is 5.56 Å². The number of hydrogen-bond acceptors (Lipinski definition) is 3. The fraction of sp³-hybridized carbons (Fsp3) is 0. The van der Waals surface area contributed by atoms with Gasteiger partial charge in [0.25, 0.3) is 10.8 Å². The molecule has 0 radical (unpaired) electrons. The van der Waals surface area contributed by atoms with Crippen LogP contribution in [0.15, 0.2) is 17.3 Å². The zero-order valence-electron chi connectivity index (χ0n) is 4.80. The minimum Gasteiger partial charge on any atom is -0.313 e. The highest BCUT2D eigenvalue weighted by Gasteiger charge is 2.04. The van der Waals surface area contributed by atoms with Crippen molar-refractivity contribution in [3.63, 3.8) is 0 Å². The van der Waals surface area contributed by atoms with E-state index in [0.717, 1.165) is 6.20 Å². The summed E-state index contributed by atoms with van der Waals surface area (Å²) in [4.78, 5) is 26.7. The molecule has 1 N–H and O–H groups in total. The van der Waals surface area contributed by atoms with Crippen molar-refractivity contribution in [2.24, 2.45) is 0 Å². The molecule has 1 rings (SSSR count). The number of aromatic nitrogens is 2. The summed E-state index contributed by atoms with van der Waals surface area (Å²) in [5.74, 6) is 0. The second kappa shape index (κ2) is 2.62. The van der Waals surface area contributed by atoms with E-state index in [1.54, 1.807) is 0 Å². The van der Waals surface area contributed by atoms with Gasteiger partial charge in [-0.1, -0.05) is 0 Å². The minimum absolute atomic E-state index is 0.135. The highest BCUT2D eigenvalue weighted by atomic mass is 35.5. The van der Waals surface area contributed by atoms with Gasteiger partial charge in [0.2, 0.25) is 0 Å². The van der Waals surface area contributed by atoms with E-state index in [1.807, 2.05) is 0 Å². The van der Waals surface area contributed by atoms with Gasteiger partial charge >= 0.3 is 0 Å². The molecule has 0 aliphatic heterocycles. The Morgan fingerprint density at radius 2 is 2.40 bits per heavy atom. The van der Waals surface area contributed by atoms with Crippen LogP contribution >= 0.6 is 11.6 Å². The van der Waals surface area contributed by atoms with Crippen molar-refractivity contribution in [1.82, 2.24) is 9.97 Å². The molecule has 0 amide bonds.